The van der Waals surface area contributed by atoms with E-state index in [-0.39, 0.29) is 6.09 Å². The van der Waals surface area contributed by atoms with Crippen molar-refractivity contribution in [3.8, 4) is 5.75 Å². The number of hydrogen-bond acceptors (Lipinski definition) is 3. The molecule has 2 rings (SSSR count). The molecule has 4 nitrogen and oxygen atoms in total. The predicted octanol–water partition coefficient (Wildman–Crippen LogP) is 4.74. The second-order valence-corrected chi connectivity index (χ2v) is 7.85. The van der Waals surface area contributed by atoms with Crippen LogP contribution in [0.5, 0.6) is 5.75 Å². The fourth-order valence-electron chi connectivity index (χ4n) is 2.29. The van der Waals surface area contributed by atoms with Gasteiger partial charge in [-0.15, -0.1) is 0 Å². The van der Waals surface area contributed by atoms with Crippen LogP contribution in [0, 0.1) is 5.92 Å². The van der Waals surface area contributed by atoms with Crippen LogP contribution in [-0.2, 0) is 4.74 Å². The molecule has 1 aliphatic heterocycles. The Morgan fingerprint density at radius 2 is 2.14 bits per heavy atom. The third-order valence-corrected chi connectivity index (χ3v) is 3.94. The molecule has 0 saturated carbocycles. The van der Waals surface area contributed by atoms with E-state index in [9.17, 15) is 4.79 Å². The number of likely N-dealkylation sites (tertiary alicyclic amines) is 1. The SMILES string of the molecule is CC(C)(C)OC(=O)N1CC[C@@H](COc2cc(Cl)cc(Br)c2)C1. The van der Waals surface area contributed by atoms with Crippen LogP contribution in [-0.4, -0.2) is 36.3 Å². The Morgan fingerprint density at radius 3 is 2.77 bits per heavy atom. The van der Waals surface area contributed by atoms with E-state index in [1.165, 1.54) is 0 Å². The Hall–Kier alpha value is -0.940. The number of halogens is 2. The minimum absolute atomic E-state index is 0.250. The quantitative estimate of drug-likeness (QED) is 0.748. The summed E-state index contributed by atoms with van der Waals surface area (Å²) in [5, 5.41) is 0.631. The van der Waals surface area contributed by atoms with Crippen LogP contribution in [0.25, 0.3) is 0 Å². The fraction of sp³-hybridized carbons (Fsp3) is 0.562. The summed E-state index contributed by atoms with van der Waals surface area (Å²) in [5.41, 5.74) is -0.460. The molecule has 22 heavy (non-hydrogen) atoms. The first-order valence-corrected chi connectivity index (χ1v) is 8.47. The number of ether oxygens (including phenoxy) is 2. The lowest BCUT2D eigenvalue weighted by atomic mass is 10.1. The van der Waals surface area contributed by atoms with E-state index in [0.717, 1.165) is 16.6 Å². The molecule has 1 heterocycles. The molecule has 1 atom stereocenters. The van der Waals surface area contributed by atoms with Gasteiger partial charge in [-0.25, -0.2) is 4.79 Å². The highest BCUT2D eigenvalue weighted by Gasteiger charge is 2.30. The van der Waals surface area contributed by atoms with Crippen LogP contribution in [0.15, 0.2) is 22.7 Å². The first kappa shape index (κ1) is 17.4. The van der Waals surface area contributed by atoms with E-state index in [0.29, 0.717) is 30.6 Å². The normalized spacial score (nSPS) is 18.4. The molecule has 0 aliphatic carbocycles. The van der Waals surface area contributed by atoms with Crippen molar-refractivity contribution in [3.63, 3.8) is 0 Å². The molecule has 1 saturated heterocycles. The van der Waals surface area contributed by atoms with Gasteiger partial charge >= 0.3 is 6.09 Å². The lowest BCUT2D eigenvalue weighted by Crippen LogP contribution is -2.35. The predicted molar refractivity (Wildman–Crippen MR) is 90.6 cm³/mol. The van der Waals surface area contributed by atoms with Crippen molar-refractivity contribution in [3.05, 3.63) is 27.7 Å². The zero-order valence-electron chi connectivity index (χ0n) is 13.1. The molecule has 122 valence electrons. The van der Waals surface area contributed by atoms with E-state index >= 15 is 0 Å². The fourth-order valence-corrected chi connectivity index (χ4v) is 3.12. The van der Waals surface area contributed by atoms with Crippen LogP contribution in [0.1, 0.15) is 27.2 Å². The molecular weight excluding hydrogens is 370 g/mol. The topological polar surface area (TPSA) is 38.8 Å². The number of carbonyl (C=O) groups excluding carboxylic acids is 1. The standard InChI is InChI=1S/C16H21BrClNO3/c1-16(2,3)22-15(20)19-5-4-11(9-19)10-21-14-7-12(17)6-13(18)8-14/h6-8,11H,4-5,9-10H2,1-3H3/t11-/m1/s1. The summed E-state index contributed by atoms with van der Waals surface area (Å²) in [4.78, 5) is 13.8. The molecular formula is C16H21BrClNO3. The van der Waals surface area contributed by atoms with Gasteiger partial charge in [0, 0.05) is 28.5 Å². The maximum Gasteiger partial charge on any atom is 0.410 e. The van der Waals surface area contributed by atoms with E-state index < -0.39 is 5.60 Å². The van der Waals surface area contributed by atoms with Gasteiger partial charge in [-0.3, -0.25) is 0 Å². The van der Waals surface area contributed by atoms with Gasteiger partial charge in [-0.2, -0.15) is 0 Å². The number of amides is 1. The van der Waals surface area contributed by atoms with Crippen molar-refractivity contribution in [2.75, 3.05) is 19.7 Å². The number of benzene rings is 1. The molecule has 1 fully saturated rings. The summed E-state index contributed by atoms with van der Waals surface area (Å²) in [6.07, 6.45) is 0.668. The van der Waals surface area contributed by atoms with Gasteiger partial charge < -0.3 is 14.4 Å². The third-order valence-electron chi connectivity index (χ3n) is 3.26. The zero-order chi connectivity index (χ0) is 16.3. The summed E-state index contributed by atoms with van der Waals surface area (Å²) < 4.78 is 12.1. The minimum atomic E-state index is -0.460. The molecule has 0 unspecified atom stereocenters. The molecule has 1 aliphatic rings. The maximum absolute atomic E-state index is 12.0. The lowest BCUT2D eigenvalue weighted by Gasteiger charge is -2.24. The van der Waals surface area contributed by atoms with E-state index in [2.05, 4.69) is 15.9 Å². The monoisotopic (exact) mass is 389 g/mol. The smallest absolute Gasteiger partial charge is 0.410 e. The number of nitrogens with zero attached hydrogens (tertiary/aromatic N) is 1. The number of carbonyl (C=O) groups is 1. The Labute approximate surface area is 144 Å². The third kappa shape index (κ3) is 5.36. The van der Waals surface area contributed by atoms with Crippen LogP contribution in [0.4, 0.5) is 4.79 Å². The van der Waals surface area contributed by atoms with Gasteiger partial charge in [0.25, 0.3) is 0 Å². The Bertz CT molecular complexity index is 524. The molecule has 1 aromatic carbocycles. The average Bonchev–Trinajstić information content (AvgIpc) is 2.82. The molecule has 0 N–H and O–H groups in total. The van der Waals surface area contributed by atoms with Crippen molar-refractivity contribution in [1.29, 1.82) is 0 Å². The van der Waals surface area contributed by atoms with E-state index in [1.807, 2.05) is 32.9 Å². The highest BCUT2D eigenvalue weighted by atomic mass is 79.9. The van der Waals surface area contributed by atoms with Gasteiger partial charge in [0.2, 0.25) is 0 Å². The van der Waals surface area contributed by atoms with Crippen LogP contribution in [0.3, 0.4) is 0 Å². The molecule has 1 aromatic rings. The van der Waals surface area contributed by atoms with Crippen molar-refractivity contribution < 1.29 is 14.3 Å². The van der Waals surface area contributed by atoms with Crippen molar-refractivity contribution in [1.82, 2.24) is 4.90 Å². The number of hydrogen-bond donors (Lipinski definition) is 0. The second kappa shape index (κ2) is 7.09. The molecule has 0 spiro atoms. The summed E-state index contributed by atoms with van der Waals surface area (Å²) in [7, 11) is 0. The Kier molecular flexibility index (Phi) is 5.61. The first-order valence-electron chi connectivity index (χ1n) is 7.30. The van der Waals surface area contributed by atoms with Crippen molar-refractivity contribution in [2.45, 2.75) is 32.8 Å². The zero-order valence-corrected chi connectivity index (χ0v) is 15.4. The van der Waals surface area contributed by atoms with Gasteiger partial charge in [0.15, 0.2) is 0 Å². The van der Waals surface area contributed by atoms with E-state index in [1.54, 1.807) is 11.0 Å². The van der Waals surface area contributed by atoms with Gasteiger partial charge in [0.1, 0.15) is 11.4 Å². The molecule has 0 aromatic heterocycles. The largest absolute Gasteiger partial charge is 0.493 e. The molecule has 6 heteroatoms. The molecule has 1 amide bonds. The summed E-state index contributed by atoms with van der Waals surface area (Å²) in [5.74, 6) is 1.04. The van der Waals surface area contributed by atoms with Gasteiger partial charge in [0.05, 0.1) is 6.61 Å². The van der Waals surface area contributed by atoms with Crippen LogP contribution < -0.4 is 4.74 Å². The summed E-state index contributed by atoms with van der Waals surface area (Å²) >= 11 is 9.38. The minimum Gasteiger partial charge on any atom is -0.493 e. The second-order valence-electron chi connectivity index (χ2n) is 6.50. The van der Waals surface area contributed by atoms with Crippen molar-refractivity contribution >= 4 is 33.6 Å². The highest BCUT2D eigenvalue weighted by Crippen LogP contribution is 2.26. The van der Waals surface area contributed by atoms with E-state index in [4.69, 9.17) is 21.1 Å². The lowest BCUT2D eigenvalue weighted by molar-refractivity contribution is 0.0285. The molecule has 0 radical (unpaired) electrons. The summed E-state index contributed by atoms with van der Waals surface area (Å²) in [6, 6.07) is 5.48. The van der Waals surface area contributed by atoms with Crippen molar-refractivity contribution in [2.24, 2.45) is 5.92 Å². The Morgan fingerprint density at radius 1 is 1.41 bits per heavy atom. The van der Waals surface area contributed by atoms with Gasteiger partial charge in [-0.05, 0) is 45.4 Å². The first-order chi connectivity index (χ1) is 10.2. The van der Waals surface area contributed by atoms with Gasteiger partial charge in [-0.1, -0.05) is 27.5 Å². The summed E-state index contributed by atoms with van der Waals surface area (Å²) in [6.45, 7) is 7.56. The van der Waals surface area contributed by atoms with Crippen LogP contribution >= 0.6 is 27.5 Å². The number of rotatable bonds is 3. The average molecular weight is 391 g/mol. The van der Waals surface area contributed by atoms with Crippen LogP contribution in [0.2, 0.25) is 5.02 Å². The molecule has 0 bridgehead atoms. The Balaban J connectivity index is 1.82. The highest BCUT2D eigenvalue weighted by molar-refractivity contribution is 9.10. The maximum atomic E-state index is 12.0.